The van der Waals surface area contributed by atoms with Crippen molar-refractivity contribution in [2.75, 3.05) is 37.9 Å². The lowest BCUT2D eigenvalue weighted by atomic mass is 9.78. The number of Topliss-reactive ketones (excluding diaryl/α,β-unsaturated/α-hetero) is 1. The van der Waals surface area contributed by atoms with E-state index in [0.717, 1.165) is 17.5 Å². The van der Waals surface area contributed by atoms with E-state index < -0.39 is 16.7 Å². The smallest absolute Gasteiger partial charge is 0.231 e. The third-order valence-electron chi connectivity index (χ3n) is 7.27. The fourth-order valence-corrected chi connectivity index (χ4v) is 5.67. The minimum absolute atomic E-state index is 0.0104. The van der Waals surface area contributed by atoms with E-state index in [4.69, 9.17) is 14.2 Å². The maximum absolute atomic E-state index is 13.9. The van der Waals surface area contributed by atoms with Gasteiger partial charge in [-0.25, -0.2) is 0 Å². The Kier molecular flexibility index (Phi) is 7.04. The number of fused-ring (bicyclic) bond motifs is 2. The van der Waals surface area contributed by atoms with Crippen molar-refractivity contribution in [2.45, 2.75) is 58.9 Å². The van der Waals surface area contributed by atoms with Crippen LogP contribution in [0.25, 0.3) is 0 Å². The molecule has 2 aromatic rings. The minimum Gasteiger partial charge on any atom is -0.769 e. The predicted octanol–water partition coefficient (Wildman–Crippen LogP) is 4.53. The van der Waals surface area contributed by atoms with Crippen LogP contribution < -0.4 is 24.7 Å². The summed E-state index contributed by atoms with van der Waals surface area (Å²) in [6.45, 7) is 9.10. The molecular weight excluding hydrogens is 482 g/mol. The van der Waals surface area contributed by atoms with Crippen LogP contribution in [0.2, 0.25) is 0 Å². The molecule has 2 heterocycles. The Balaban J connectivity index is 1.87. The summed E-state index contributed by atoms with van der Waals surface area (Å²) in [7, 11) is 3.45. The zero-order chi connectivity index (χ0) is 27.4. The minimum atomic E-state index is -0.809. The van der Waals surface area contributed by atoms with E-state index in [0.29, 0.717) is 23.8 Å². The van der Waals surface area contributed by atoms with Gasteiger partial charge in [-0.3, -0.25) is 20.1 Å². The molecule has 202 valence electrons. The molecule has 0 amide bonds. The van der Waals surface area contributed by atoms with Crippen molar-refractivity contribution in [3.63, 3.8) is 0 Å². The van der Waals surface area contributed by atoms with Gasteiger partial charge in [0.2, 0.25) is 12.5 Å². The van der Waals surface area contributed by atoms with Crippen LogP contribution in [-0.2, 0) is 11.8 Å². The topological polar surface area (TPSA) is 141 Å². The van der Waals surface area contributed by atoms with Crippen LogP contribution in [-0.4, -0.2) is 48.6 Å². The van der Waals surface area contributed by atoms with Crippen molar-refractivity contribution in [1.82, 2.24) is 4.90 Å². The SMILES string of the molecule is COc1c2c(cc3c1C(CC(=O)c1c(C)c(N([O-])[O-])c(C(C)(C)C)c(N(O)O)c1C)N(C)CC3)OCO2. The third kappa shape index (κ3) is 4.47. The Morgan fingerprint density at radius 1 is 1.19 bits per heavy atom. The van der Waals surface area contributed by atoms with E-state index in [9.17, 15) is 25.6 Å². The first-order valence-corrected chi connectivity index (χ1v) is 12.0. The van der Waals surface area contributed by atoms with Gasteiger partial charge in [-0.2, -0.15) is 0 Å². The summed E-state index contributed by atoms with van der Waals surface area (Å²) >= 11 is 0. The quantitative estimate of drug-likeness (QED) is 0.414. The second kappa shape index (κ2) is 9.66. The molecule has 0 aromatic heterocycles. The molecular formula is C26H33N3O8-2. The molecule has 4 rings (SSSR count). The number of ether oxygens (including phenoxy) is 3. The zero-order valence-corrected chi connectivity index (χ0v) is 22.2. The summed E-state index contributed by atoms with van der Waals surface area (Å²) < 4.78 is 16.9. The van der Waals surface area contributed by atoms with E-state index in [-0.39, 0.29) is 57.9 Å². The van der Waals surface area contributed by atoms with Crippen LogP contribution in [0.1, 0.15) is 71.4 Å². The van der Waals surface area contributed by atoms with Gasteiger partial charge in [0.1, 0.15) is 5.69 Å². The van der Waals surface area contributed by atoms with Crippen LogP contribution >= 0.6 is 0 Å². The van der Waals surface area contributed by atoms with Crippen LogP contribution in [0.15, 0.2) is 6.07 Å². The highest BCUT2D eigenvalue weighted by Gasteiger charge is 2.37. The van der Waals surface area contributed by atoms with Gasteiger partial charge in [0.05, 0.1) is 7.11 Å². The molecule has 0 fully saturated rings. The van der Waals surface area contributed by atoms with Crippen molar-refractivity contribution in [3.8, 4) is 17.2 Å². The highest BCUT2D eigenvalue weighted by Crippen LogP contribution is 2.51. The molecule has 11 nitrogen and oxygen atoms in total. The van der Waals surface area contributed by atoms with E-state index >= 15 is 0 Å². The fraction of sp³-hybridized carbons (Fsp3) is 0.500. The molecule has 0 spiro atoms. The Morgan fingerprint density at radius 3 is 2.41 bits per heavy atom. The van der Waals surface area contributed by atoms with E-state index in [1.807, 2.05) is 18.0 Å². The summed E-state index contributed by atoms with van der Waals surface area (Å²) in [5, 5.41) is 44.0. The molecule has 0 saturated carbocycles. The number of carbonyl (C=O) groups is 1. The molecule has 2 aliphatic rings. The molecule has 2 N–H and O–H groups in total. The first-order chi connectivity index (χ1) is 17.3. The van der Waals surface area contributed by atoms with Crippen molar-refractivity contribution >= 4 is 17.2 Å². The van der Waals surface area contributed by atoms with Crippen LogP contribution in [0.4, 0.5) is 11.4 Å². The number of methoxy groups -OCH3 is 1. The summed E-state index contributed by atoms with van der Waals surface area (Å²) in [6, 6.07) is 1.51. The van der Waals surface area contributed by atoms with Crippen molar-refractivity contribution in [1.29, 1.82) is 0 Å². The van der Waals surface area contributed by atoms with E-state index in [1.165, 1.54) is 14.0 Å². The van der Waals surface area contributed by atoms with Gasteiger partial charge in [0.15, 0.2) is 17.3 Å². The summed E-state index contributed by atoms with van der Waals surface area (Å²) in [6.07, 6.45) is 0.713. The van der Waals surface area contributed by atoms with E-state index in [1.54, 1.807) is 27.7 Å². The second-order valence-electron chi connectivity index (χ2n) is 10.6. The molecule has 2 aliphatic heterocycles. The number of ketones is 1. The molecule has 11 heteroatoms. The molecule has 0 radical (unpaired) electrons. The lowest BCUT2D eigenvalue weighted by Gasteiger charge is -2.44. The summed E-state index contributed by atoms with van der Waals surface area (Å²) in [5.41, 5.74) is 1.23. The number of rotatable bonds is 6. The van der Waals surface area contributed by atoms with Crippen LogP contribution in [0.3, 0.4) is 0 Å². The van der Waals surface area contributed by atoms with Crippen molar-refractivity contribution in [3.05, 3.63) is 49.9 Å². The van der Waals surface area contributed by atoms with Gasteiger partial charge in [-0.15, -0.1) is 5.23 Å². The molecule has 0 saturated heterocycles. The highest BCUT2D eigenvalue weighted by molar-refractivity contribution is 6.03. The first kappa shape index (κ1) is 27.0. The number of benzene rings is 2. The molecule has 0 bridgehead atoms. The van der Waals surface area contributed by atoms with Crippen LogP contribution in [0.5, 0.6) is 17.2 Å². The number of likely N-dealkylation sites (N-methyl/N-ethyl adjacent to an activating group) is 1. The lowest BCUT2D eigenvalue weighted by molar-refractivity contribution is 0.0279. The maximum atomic E-state index is 13.9. The Hall–Kier alpha value is -3.09. The molecule has 1 unspecified atom stereocenters. The normalized spacial score (nSPS) is 17.0. The zero-order valence-electron chi connectivity index (χ0n) is 22.2. The molecule has 0 aliphatic carbocycles. The Morgan fingerprint density at radius 2 is 1.84 bits per heavy atom. The van der Waals surface area contributed by atoms with E-state index in [2.05, 4.69) is 0 Å². The average Bonchev–Trinajstić information content (AvgIpc) is 3.26. The van der Waals surface area contributed by atoms with Gasteiger partial charge in [0, 0.05) is 41.4 Å². The lowest BCUT2D eigenvalue weighted by Crippen LogP contribution is -2.34. The van der Waals surface area contributed by atoms with Gasteiger partial charge >= 0.3 is 0 Å². The van der Waals surface area contributed by atoms with Crippen LogP contribution in [0, 0.1) is 24.3 Å². The second-order valence-corrected chi connectivity index (χ2v) is 10.6. The van der Waals surface area contributed by atoms with Crippen molar-refractivity contribution in [2.24, 2.45) is 0 Å². The standard InChI is InChI=1S/C26H33N3O8/c1-13-19(14(2)23(29(33)34)21(26(3,4)5)22(13)28(31)32)17(30)11-16-20-15(8-9-27(16)6)10-18-24(25(20)35-7)37-12-36-18/h10,16,31-32H,8-9,11-12H2,1-7H3/q-2. The molecule has 2 aromatic carbocycles. The van der Waals surface area contributed by atoms with Gasteiger partial charge in [0.25, 0.3) is 0 Å². The largest absolute Gasteiger partial charge is 0.769 e. The van der Waals surface area contributed by atoms with Crippen molar-refractivity contribution < 1.29 is 29.4 Å². The number of hydrogen-bond acceptors (Lipinski definition) is 11. The van der Waals surface area contributed by atoms with Gasteiger partial charge in [-0.1, -0.05) is 20.8 Å². The molecule has 1 atom stereocenters. The first-order valence-electron chi connectivity index (χ1n) is 12.0. The van der Waals surface area contributed by atoms with Gasteiger partial charge in [-0.05, 0) is 55.5 Å². The highest BCUT2D eigenvalue weighted by atomic mass is 16.8. The Labute approximate surface area is 215 Å². The average molecular weight is 516 g/mol. The Bertz CT molecular complexity index is 1200. The fourth-order valence-electron chi connectivity index (χ4n) is 5.67. The third-order valence-corrected chi connectivity index (χ3v) is 7.27. The number of nitrogens with zero attached hydrogens (tertiary/aromatic N) is 3. The molecule has 37 heavy (non-hydrogen) atoms. The summed E-state index contributed by atoms with van der Waals surface area (Å²) in [5.74, 6) is 1.24. The number of anilines is 2. The number of hydrogen-bond donors (Lipinski definition) is 2. The predicted molar refractivity (Wildman–Crippen MR) is 137 cm³/mol. The summed E-state index contributed by atoms with van der Waals surface area (Å²) in [4.78, 5) is 16.0. The number of carbonyl (C=O) groups excluding carboxylic acids is 1. The van der Waals surface area contributed by atoms with Gasteiger partial charge < -0.3 is 29.9 Å². The maximum Gasteiger partial charge on any atom is 0.231 e. The monoisotopic (exact) mass is 515 g/mol.